The molecule has 1 aliphatic carbocycles. The van der Waals surface area contributed by atoms with Gasteiger partial charge >= 0.3 is 0 Å². The van der Waals surface area contributed by atoms with E-state index in [1.807, 2.05) is 18.7 Å². The smallest absolute Gasteiger partial charge is 0.248 e. The molecule has 114 valence electrons. The van der Waals surface area contributed by atoms with Crippen molar-refractivity contribution in [1.82, 2.24) is 10.2 Å². The molecule has 1 saturated carbocycles. The van der Waals surface area contributed by atoms with Crippen molar-refractivity contribution in [2.24, 2.45) is 5.92 Å². The van der Waals surface area contributed by atoms with Crippen molar-refractivity contribution in [1.29, 1.82) is 0 Å². The highest BCUT2D eigenvalue weighted by Crippen LogP contribution is 2.32. The molecule has 1 unspecified atom stereocenters. The van der Waals surface area contributed by atoms with Crippen LogP contribution in [0.5, 0.6) is 0 Å². The Hall–Kier alpha value is -1.06. The number of hydrogen-bond acceptors (Lipinski definition) is 2. The van der Waals surface area contributed by atoms with Crippen molar-refractivity contribution in [2.75, 3.05) is 6.54 Å². The van der Waals surface area contributed by atoms with Gasteiger partial charge in [0.2, 0.25) is 11.8 Å². The zero-order chi connectivity index (χ0) is 14.8. The van der Waals surface area contributed by atoms with E-state index in [2.05, 4.69) is 12.2 Å². The van der Waals surface area contributed by atoms with E-state index in [0.29, 0.717) is 24.9 Å². The SMILES string of the molecule is CCC(C1CCCCC1)N1CCC(=O)NC(C)(C)C1=O. The minimum Gasteiger partial charge on any atom is -0.342 e. The zero-order valence-electron chi connectivity index (χ0n) is 13.1. The highest BCUT2D eigenvalue weighted by atomic mass is 16.2. The Morgan fingerprint density at radius 3 is 2.50 bits per heavy atom. The third kappa shape index (κ3) is 3.15. The Balaban J connectivity index is 2.18. The molecule has 4 nitrogen and oxygen atoms in total. The number of nitrogens with zero attached hydrogens (tertiary/aromatic N) is 1. The van der Waals surface area contributed by atoms with Crippen LogP contribution in [-0.4, -0.2) is 34.8 Å². The molecule has 0 bridgehead atoms. The van der Waals surface area contributed by atoms with Gasteiger partial charge in [0.25, 0.3) is 0 Å². The maximum absolute atomic E-state index is 12.8. The number of carbonyl (C=O) groups excluding carboxylic acids is 2. The van der Waals surface area contributed by atoms with Crippen LogP contribution in [0.25, 0.3) is 0 Å². The lowest BCUT2D eigenvalue weighted by Crippen LogP contribution is -2.56. The molecule has 0 radical (unpaired) electrons. The third-order valence-electron chi connectivity index (χ3n) is 4.84. The Morgan fingerprint density at radius 2 is 1.90 bits per heavy atom. The maximum Gasteiger partial charge on any atom is 0.248 e. The number of rotatable bonds is 3. The first kappa shape index (κ1) is 15.3. The molecule has 4 heteroatoms. The summed E-state index contributed by atoms with van der Waals surface area (Å²) in [7, 11) is 0. The Bertz CT molecular complexity index is 373. The van der Waals surface area contributed by atoms with Gasteiger partial charge in [-0.1, -0.05) is 26.2 Å². The van der Waals surface area contributed by atoms with Crippen LogP contribution >= 0.6 is 0 Å². The monoisotopic (exact) mass is 280 g/mol. The molecule has 0 aromatic carbocycles. The summed E-state index contributed by atoms with van der Waals surface area (Å²) >= 11 is 0. The van der Waals surface area contributed by atoms with Gasteiger partial charge in [0, 0.05) is 19.0 Å². The molecule has 1 heterocycles. The summed E-state index contributed by atoms with van der Waals surface area (Å²) in [6.07, 6.45) is 7.76. The van der Waals surface area contributed by atoms with Gasteiger partial charge in [0.05, 0.1) is 0 Å². The van der Waals surface area contributed by atoms with E-state index in [1.54, 1.807) is 0 Å². The fourth-order valence-electron chi connectivity index (χ4n) is 3.79. The Kier molecular flexibility index (Phi) is 4.71. The molecule has 20 heavy (non-hydrogen) atoms. The number of hydrogen-bond donors (Lipinski definition) is 1. The van der Waals surface area contributed by atoms with Gasteiger partial charge < -0.3 is 10.2 Å². The Morgan fingerprint density at radius 1 is 1.25 bits per heavy atom. The highest BCUT2D eigenvalue weighted by Gasteiger charge is 2.40. The first-order valence-electron chi connectivity index (χ1n) is 8.08. The molecule has 1 aliphatic heterocycles. The Labute approximate surface area is 122 Å². The predicted octanol–water partition coefficient (Wildman–Crippen LogP) is 2.47. The summed E-state index contributed by atoms with van der Waals surface area (Å²) in [6.45, 7) is 6.38. The molecular weight excluding hydrogens is 252 g/mol. The average Bonchev–Trinajstić information content (AvgIpc) is 2.51. The van der Waals surface area contributed by atoms with Crippen LogP contribution in [0.2, 0.25) is 0 Å². The van der Waals surface area contributed by atoms with Crippen LogP contribution in [0.1, 0.15) is 65.7 Å². The highest BCUT2D eigenvalue weighted by molar-refractivity contribution is 5.93. The fraction of sp³-hybridized carbons (Fsp3) is 0.875. The lowest BCUT2D eigenvalue weighted by molar-refractivity contribution is -0.140. The molecule has 1 saturated heterocycles. The lowest BCUT2D eigenvalue weighted by Gasteiger charge is -2.40. The second kappa shape index (κ2) is 6.15. The summed E-state index contributed by atoms with van der Waals surface area (Å²) in [5.74, 6) is 0.687. The van der Waals surface area contributed by atoms with E-state index >= 15 is 0 Å². The van der Waals surface area contributed by atoms with Gasteiger partial charge in [-0.3, -0.25) is 9.59 Å². The standard InChI is InChI=1S/C16H28N2O2/c1-4-13(12-8-6-5-7-9-12)18-11-10-14(19)17-16(2,3)15(18)20/h12-13H,4-11H2,1-3H3,(H,17,19). The van der Waals surface area contributed by atoms with Crippen LogP contribution in [0.15, 0.2) is 0 Å². The van der Waals surface area contributed by atoms with Crippen molar-refractivity contribution < 1.29 is 9.59 Å². The molecule has 2 aliphatic rings. The molecule has 2 rings (SSSR count). The van der Waals surface area contributed by atoms with Gasteiger partial charge in [-0.25, -0.2) is 0 Å². The van der Waals surface area contributed by atoms with Crippen LogP contribution in [0.4, 0.5) is 0 Å². The van der Waals surface area contributed by atoms with Gasteiger partial charge in [0.15, 0.2) is 0 Å². The summed E-state index contributed by atoms with van der Waals surface area (Å²) in [6, 6.07) is 0.301. The van der Waals surface area contributed by atoms with Crippen LogP contribution in [0, 0.1) is 5.92 Å². The average molecular weight is 280 g/mol. The molecule has 1 N–H and O–H groups in total. The van der Waals surface area contributed by atoms with Crippen molar-refractivity contribution in [3.8, 4) is 0 Å². The van der Waals surface area contributed by atoms with Crippen molar-refractivity contribution in [3.05, 3.63) is 0 Å². The van der Waals surface area contributed by atoms with Crippen molar-refractivity contribution >= 4 is 11.8 Å². The summed E-state index contributed by atoms with van der Waals surface area (Å²) in [5, 5.41) is 2.85. The first-order valence-corrected chi connectivity index (χ1v) is 8.08. The quantitative estimate of drug-likeness (QED) is 0.863. The second-order valence-electron chi connectivity index (χ2n) is 6.80. The minimum absolute atomic E-state index is 0.00986. The van der Waals surface area contributed by atoms with Gasteiger partial charge in [-0.05, 0) is 39.0 Å². The molecule has 0 aromatic heterocycles. The molecule has 2 amide bonds. The van der Waals surface area contributed by atoms with Crippen LogP contribution in [0.3, 0.4) is 0 Å². The number of amides is 2. The van der Waals surface area contributed by atoms with Gasteiger partial charge in [-0.2, -0.15) is 0 Å². The topological polar surface area (TPSA) is 49.4 Å². The van der Waals surface area contributed by atoms with Crippen LogP contribution < -0.4 is 5.32 Å². The summed E-state index contributed by atoms with van der Waals surface area (Å²) in [4.78, 5) is 26.5. The van der Waals surface area contributed by atoms with E-state index in [4.69, 9.17) is 0 Å². The normalized spacial score (nSPS) is 26.1. The summed E-state index contributed by atoms with van der Waals surface area (Å²) in [5.41, 5.74) is -0.768. The van der Waals surface area contributed by atoms with Crippen molar-refractivity contribution in [3.63, 3.8) is 0 Å². The van der Waals surface area contributed by atoms with E-state index in [-0.39, 0.29) is 11.8 Å². The zero-order valence-corrected chi connectivity index (χ0v) is 13.1. The van der Waals surface area contributed by atoms with Gasteiger partial charge in [-0.15, -0.1) is 0 Å². The molecule has 2 fully saturated rings. The number of carbonyl (C=O) groups is 2. The van der Waals surface area contributed by atoms with Gasteiger partial charge in [0.1, 0.15) is 5.54 Å². The predicted molar refractivity (Wildman–Crippen MR) is 79.2 cm³/mol. The second-order valence-corrected chi connectivity index (χ2v) is 6.80. The molecule has 1 atom stereocenters. The van der Waals surface area contributed by atoms with E-state index in [1.165, 1.54) is 32.1 Å². The number of nitrogens with one attached hydrogen (secondary N) is 1. The largest absolute Gasteiger partial charge is 0.342 e. The van der Waals surface area contributed by atoms with Crippen LogP contribution in [-0.2, 0) is 9.59 Å². The fourth-order valence-corrected chi connectivity index (χ4v) is 3.79. The van der Waals surface area contributed by atoms with E-state index in [9.17, 15) is 9.59 Å². The summed E-state index contributed by atoms with van der Waals surface area (Å²) < 4.78 is 0. The van der Waals surface area contributed by atoms with E-state index in [0.717, 1.165) is 6.42 Å². The minimum atomic E-state index is -0.768. The molecular formula is C16H28N2O2. The lowest BCUT2D eigenvalue weighted by atomic mass is 9.81. The van der Waals surface area contributed by atoms with Crippen molar-refractivity contribution in [2.45, 2.75) is 77.3 Å². The molecule has 0 spiro atoms. The van der Waals surface area contributed by atoms with E-state index < -0.39 is 5.54 Å². The third-order valence-corrected chi connectivity index (χ3v) is 4.84. The maximum atomic E-state index is 12.8. The molecule has 0 aromatic rings. The first-order chi connectivity index (χ1) is 9.45.